The van der Waals surface area contributed by atoms with Gasteiger partial charge in [0, 0.05) is 16.9 Å². The highest BCUT2D eigenvalue weighted by atomic mass is 35.5. The van der Waals surface area contributed by atoms with Gasteiger partial charge in [-0.3, -0.25) is 9.59 Å². The van der Waals surface area contributed by atoms with E-state index in [1.165, 1.54) is 0 Å². The van der Waals surface area contributed by atoms with E-state index in [4.69, 9.17) is 16.3 Å². The first kappa shape index (κ1) is 20.4. The third-order valence-electron chi connectivity index (χ3n) is 4.07. The first-order valence-corrected chi connectivity index (χ1v) is 9.65. The molecule has 0 spiro atoms. The zero-order valence-electron chi connectivity index (χ0n) is 15.9. The fourth-order valence-corrected chi connectivity index (χ4v) is 2.89. The average molecular weight is 409 g/mol. The van der Waals surface area contributed by atoms with Crippen molar-refractivity contribution in [2.45, 2.75) is 13.3 Å². The van der Waals surface area contributed by atoms with Crippen molar-refractivity contribution in [3.05, 3.63) is 88.9 Å². The van der Waals surface area contributed by atoms with E-state index in [1.807, 2.05) is 13.0 Å². The van der Waals surface area contributed by atoms with Gasteiger partial charge in [-0.05, 0) is 55.0 Å². The molecule has 6 heteroatoms. The monoisotopic (exact) mass is 408 g/mol. The second-order valence-electron chi connectivity index (χ2n) is 6.35. The maximum absolute atomic E-state index is 12.6. The fourth-order valence-electron chi connectivity index (χ4n) is 2.67. The molecule has 0 saturated heterocycles. The first-order valence-electron chi connectivity index (χ1n) is 9.27. The van der Waals surface area contributed by atoms with Crippen LogP contribution in [0.1, 0.15) is 34.1 Å². The molecule has 2 amide bonds. The van der Waals surface area contributed by atoms with Crippen molar-refractivity contribution in [3.63, 3.8) is 0 Å². The Hall–Kier alpha value is -3.31. The van der Waals surface area contributed by atoms with Crippen molar-refractivity contribution >= 4 is 34.8 Å². The number of amides is 2. The van der Waals surface area contributed by atoms with Crippen molar-refractivity contribution in [2.75, 3.05) is 17.2 Å². The number of rotatable bonds is 7. The summed E-state index contributed by atoms with van der Waals surface area (Å²) in [5.74, 6) is 0.0710. The molecule has 0 aliphatic rings. The molecular formula is C23H21ClN2O3. The van der Waals surface area contributed by atoms with Gasteiger partial charge in [-0.15, -0.1) is 0 Å². The number of halogens is 1. The Bertz CT molecular complexity index is 1020. The summed E-state index contributed by atoms with van der Waals surface area (Å²) in [5.41, 5.74) is 1.98. The van der Waals surface area contributed by atoms with Crippen LogP contribution in [0, 0.1) is 0 Å². The maximum atomic E-state index is 12.6. The van der Waals surface area contributed by atoms with Crippen LogP contribution in [0.15, 0.2) is 72.8 Å². The third kappa shape index (κ3) is 5.59. The van der Waals surface area contributed by atoms with Crippen molar-refractivity contribution in [2.24, 2.45) is 0 Å². The number of anilines is 2. The Morgan fingerprint density at radius 1 is 0.862 bits per heavy atom. The summed E-state index contributed by atoms with van der Waals surface area (Å²) in [7, 11) is 0. The van der Waals surface area contributed by atoms with Crippen LogP contribution in [0.4, 0.5) is 11.4 Å². The summed E-state index contributed by atoms with van der Waals surface area (Å²) in [5, 5.41) is 6.00. The van der Waals surface area contributed by atoms with Gasteiger partial charge in [0.25, 0.3) is 11.8 Å². The summed E-state index contributed by atoms with van der Waals surface area (Å²) < 4.78 is 5.57. The molecule has 2 N–H and O–H groups in total. The molecule has 0 fully saturated rings. The van der Waals surface area contributed by atoms with Crippen LogP contribution in [-0.2, 0) is 0 Å². The Kier molecular flexibility index (Phi) is 6.87. The third-order valence-corrected chi connectivity index (χ3v) is 4.40. The van der Waals surface area contributed by atoms with E-state index in [1.54, 1.807) is 66.7 Å². The molecule has 0 aromatic heterocycles. The van der Waals surface area contributed by atoms with Crippen LogP contribution in [0.2, 0.25) is 5.02 Å². The molecule has 0 aliphatic heterocycles. The van der Waals surface area contributed by atoms with Crippen LogP contribution < -0.4 is 15.4 Å². The number of ether oxygens (including phenoxy) is 1. The van der Waals surface area contributed by atoms with Crippen molar-refractivity contribution < 1.29 is 14.3 Å². The predicted octanol–water partition coefficient (Wildman–Crippen LogP) is 5.63. The second-order valence-corrected chi connectivity index (χ2v) is 6.75. The van der Waals surface area contributed by atoms with Gasteiger partial charge in [0.1, 0.15) is 5.75 Å². The number of nitrogens with one attached hydrogen (secondary N) is 2. The molecular weight excluding hydrogens is 388 g/mol. The van der Waals surface area contributed by atoms with Gasteiger partial charge < -0.3 is 15.4 Å². The molecule has 0 unspecified atom stereocenters. The molecule has 29 heavy (non-hydrogen) atoms. The van der Waals surface area contributed by atoms with E-state index in [-0.39, 0.29) is 11.8 Å². The summed E-state index contributed by atoms with van der Waals surface area (Å²) in [6.45, 7) is 2.62. The highest BCUT2D eigenvalue weighted by Crippen LogP contribution is 2.21. The Morgan fingerprint density at radius 2 is 1.55 bits per heavy atom. The second kappa shape index (κ2) is 9.75. The van der Waals surface area contributed by atoms with E-state index in [0.717, 1.165) is 6.42 Å². The first-order chi connectivity index (χ1) is 14.1. The summed E-state index contributed by atoms with van der Waals surface area (Å²) in [6.07, 6.45) is 0.892. The van der Waals surface area contributed by atoms with Gasteiger partial charge in [0.15, 0.2) is 0 Å². The van der Waals surface area contributed by atoms with Gasteiger partial charge in [0.05, 0.1) is 17.2 Å². The topological polar surface area (TPSA) is 67.4 Å². The number of hydrogen-bond donors (Lipinski definition) is 2. The Balaban J connectivity index is 1.69. The number of benzene rings is 3. The zero-order chi connectivity index (χ0) is 20.6. The van der Waals surface area contributed by atoms with E-state index in [2.05, 4.69) is 10.6 Å². The van der Waals surface area contributed by atoms with Gasteiger partial charge in [-0.25, -0.2) is 0 Å². The standard InChI is InChI=1S/C23H21ClN2O3/c1-2-13-29-19-10-5-7-16(14-19)22(27)25-17-8-6-9-18(15-17)26-23(28)20-11-3-4-12-21(20)24/h3-12,14-15H,2,13H2,1H3,(H,25,27)(H,26,28). The van der Waals surface area contributed by atoms with Gasteiger partial charge >= 0.3 is 0 Å². The molecule has 0 bridgehead atoms. The minimum absolute atomic E-state index is 0.262. The molecule has 3 rings (SSSR count). The number of hydrogen-bond acceptors (Lipinski definition) is 3. The average Bonchev–Trinajstić information content (AvgIpc) is 2.73. The molecule has 0 heterocycles. The zero-order valence-corrected chi connectivity index (χ0v) is 16.7. The van der Waals surface area contributed by atoms with Crippen LogP contribution >= 0.6 is 11.6 Å². The van der Waals surface area contributed by atoms with Gasteiger partial charge in [-0.2, -0.15) is 0 Å². The SMILES string of the molecule is CCCOc1cccc(C(=O)Nc2cccc(NC(=O)c3ccccc3Cl)c2)c1. The maximum Gasteiger partial charge on any atom is 0.257 e. The molecule has 0 saturated carbocycles. The minimum Gasteiger partial charge on any atom is -0.494 e. The lowest BCUT2D eigenvalue weighted by atomic mass is 10.2. The summed E-state index contributed by atoms with van der Waals surface area (Å²) in [4.78, 5) is 25.0. The fraction of sp³-hybridized carbons (Fsp3) is 0.130. The van der Waals surface area contributed by atoms with Crippen molar-refractivity contribution in [1.82, 2.24) is 0 Å². The van der Waals surface area contributed by atoms with Gasteiger partial charge in [-0.1, -0.05) is 42.8 Å². The smallest absolute Gasteiger partial charge is 0.257 e. The lowest BCUT2D eigenvalue weighted by Gasteiger charge is -2.10. The molecule has 0 radical (unpaired) electrons. The van der Waals surface area contributed by atoms with Crippen molar-refractivity contribution in [1.29, 1.82) is 0 Å². The highest BCUT2D eigenvalue weighted by Gasteiger charge is 2.11. The number of carbonyl (C=O) groups excluding carboxylic acids is 2. The quantitative estimate of drug-likeness (QED) is 0.532. The van der Waals surface area contributed by atoms with E-state index in [0.29, 0.717) is 39.9 Å². The van der Waals surface area contributed by atoms with Crippen LogP contribution in [0.3, 0.4) is 0 Å². The minimum atomic E-state index is -0.320. The lowest BCUT2D eigenvalue weighted by Crippen LogP contribution is -2.14. The van der Waals surface area contributed by atoms with Gasteiger partial charge in [0.2, 0.25) is 0 Å². The Labute approximate surface area is 174 Å². The molecule has 0 atom stereocenters. The largest absolute Gasteiger partial charge is 0.494 e. The molecule has 3 aromatic rings. The van der Waals surface area contributed by atoms with Crippen molar-refractivity contribution in [3.8, 4) is 5.75 Å². The number of carbonyl (C=O) groups is 2. The normalized spacial score (nSPS) is 10.3. The molecule has 0 aliphatic carbocycles. The van der Waals surface area contributed by atoms with Crippen LogP contribution in [0.25, 0.3) is 0 Å². The van der Waals surface area contributed by atoms with E-state index in [9.17, 15) is 9.59 Å². The predicted molar refractivity (Wildman–Crippen MR) is 116 cm³/mol. The highest BCUT2D eigenvalue weighted by molar-refractivity contribution is 6.34. The lowest BCUT2D eigenvalue weighted by molar-refractivity contribution is 0.101. The molecule has 5 nitrogen and oxygen atoms in total. The molecule has 3 aromatic carbocycles. The molecule has 148 valence electrons. The van der Waals surface area contributed by atoms with Crippen LogP contribution in [-0.4, -0.2) is 18.4 Å². The van der Waals surface area contributed by atoms with E-state index >= 15 is 0 Å². The summed E-state index contributed by atoms with van der Waals surface area (Å²) >= 11 is 6.07. The van der Waals surface area contributed by atoms with Crippen LogP contribution in [0.5, 0.6) is 5.75 Å². The summed E-state index contributed by atoms with van der Waals surface area (Å²) in [6, 6.07) is 20.8. The Morgan fingerprint density at radius 3 is 2.28 bits per heavy atom. The van der Waals surface area contributed by atoms with E-state index < -0.39 is 0 Å².